The number of amides is 5. The van der Waals surface area contributed by atoms with Gasteiger partial charge in [-0.15, -0.1) is 0 Å². The third kappa shape index (κ3) is 9.52. The van der Waals surface area contributed by atoms with Gasteiger partial charge in [0.05, 0.1) is 18.9 Å². The Morgan fingerprint density at radius 3 is 1.82 bits per heavy atom. The minimum absolute atomic E-state index is 0.0471. The molecular formula is C20H28N6O8. The van der Waals surface area contributed by atoms with Crippen molar-refractivity contribution in [3.63, 3.8) is 0 Å². The maximum atomic E-state index is 12.5. The van der Waals surface area contributed by atoms with Crippen LogP contribution >= 0.6 is 0 Å². The standard InChI is InChI=1S/C20H28N6O8/c1-9(24-18(31)12(21)6-10-2-4-11(27)5-3-10)17(30)25-13(7-15(22)28)19(32)26-14(20(33)34)8-16(23)29/h2-5,9,12-14,27H,6-8,21H2,1H3,(H2,22,28)(H2,23,29)(H,24,31)(H,25,30)(H,26,32)(H,33,34). The van der Waals surface area contributed by atoms with E-state index in [4.69, 9.17) is 22.3 Å². The summed E-state index contributed by atoms with van der Waals surface area (Å²) in [6.07, 6.45) is -1.28. The summed E-state index contributed by atoms with van der Waals surface area (Å²) in [5.74, 6) is -6.14. The number of hydrogen-bond donors (Lipinski definition) is 8. The number of hydrogen-bond acceptors (Lipinski definition) is 8. The number of carboxylic acids is 1. The van der Waals surface area contributed by atoms with Crippen molar-refractivity contribution in [3.05, 3.63) is 29.8 Å². The Morgan fingerprint density at radius 1 is 0.824 bits per heavy atom. The number of carbonyl (C=O) groups is 6. The van der Waals surface area contributed by atoms with Crippen molar-refractivity contribution >= 4 is 35.5 Å². The van der Waals surface area contributed by atoms with E-state index in [0.717, 1.165) is 0 Å². The number of carbonyl (C=O) groups excluding carboxylic acids is 5. The summed E-state index contributed by atoms with van der Waals surface area (Å²) in [5, 5.41) is 25.0. The van der Waals surface area contributed by atoms with Crippen LogP contribution in [0.5, 0.6) is 5.75 Å². The van der Waals surface area contributed by atoms with Gasteiger partial charge >= 0.3 is 5.97 Å². The lowest BCUT2D eigenvalue weighted by molar-refractivity contribution is -0.144. The predicted octanol–water partition coefficient (Wildman–Crippen LogP) is -3.43. The Hall–Kier alpha value is -4.20. The van der Waals surface area contributed by atoms with Gasteiger partial charge in [-0.05, 0) is 31.0 Å². The monoisotopic (exact) mass is 480 g/mol. The zero-order valence-corrected chi connectivity index (χ0v) is 18.3. The summed E-state index contributed by atoms with van der Waals surface area (Å²) in [6.45, 7) is 1.30. The average Bonchev–Trinajstić information content (AvgIpc) is 2.73. The first kappa shape index (κ1) is 27.8. The van der Waals surface area contributed by atoms with E-state index >= 15 is 0 Å². The lowest BCUT2D eigenvalue weighted by Gasteiger charge is -2.23. The summed E-state index contributed by atoms with van der Waals surface area (Å²) >= 11 is 0. The largest absolute Gasteiger partial charge is 0.508 e. The molecule has 4 unspecified atom stereocenters. The Balaban J connectivity index is 2.77. The Bertz CT molecular complexity index is 935. The molecule has 0 fully saturated rings. The van der Waals surface area contributed by atoms with Crippen LogP contribution in [0.2, 0.25) is 0 Å². The van der Waals surface area contributed by atoms with E-state index in [-0.39, 0.29) is 12.2 Å². The molecule has 0 aliphatic rings. The van der Waals surface area contributed by atoms with Crippen LogP contribution < -0.4 is 33.2 Å². The van der Waals surface area contributed by atoms with E-state index in [2.05, 4.69) is 10.6 Å². The van der Waals surface area contributed by atoms with Gasteiger partial charge in [0.25, 0.3) is 0 Å². The molecule has 186 valence electrons. The van der Waals surface area contributed by atoms with Crippen molar-refractivity contribution in [1.29, 1.82) is 0 Å². The summed E-state index contributed by atoms with van der Waals surface area (Å²) in [7, 11) is 0. The Kier molecular flexibility index (Phi) is 10.4. The van der Waals surface area contributed by atoms with Crippen LogP contribution in [0.15, 0.2) is 24.3 Å². The lowest BCUT2D eigenvalue weighted by atomic mass is 10.1. The first-order chi connectivity index (χ1) is 15.8. The summed E-state index contributed by atoms with van der Waals surface area (Å²) in [6, 6.07) is 0.521. The molecule has 34 heavy (non-hydrogen) atoms. The minimum atomic E-state index is -1.69. The highest BCUT2D eigenvalue weighted by molar-refractivity contribution is 5.96. The fourth-order valence-corrected chi connectivity index (χ4v) is 2.75. The molecule has 1 rings (SSSR count). The normalized spacial score (nSPS) is 14.1. The van der Waals surface area contributed by atoms with E-state index < -0.39 is 72.5 Å². The number of primary amides is 2. The zero-order valence-electron chi connectivity index (χ0n) is 18.3. The third-order valence-corrected chi connectivity index (χ3v) is 4.54. The minimum Gasteiger partial charge on any atom is -0.508 e. The van der Waals surface area contributed by atoms with E-state index in [1.165, 1.54) is 19.1 Å². The number of aromatic hydroxyl groups is 1. The first-order valence-electron chi connectivity index (χ1n) is 10.0. The summed E-state index contributed by atoms with van der Waals surface area (Å²) in [4.78, 5) is 70.7. The number of phenolic OH excluding ortho intramolecular Hbond substituents is 1. The summed E-state index contributed by atoms with van der Waals surface area (Å²) < 4.78 is 0. The van der Waals surface area contributed by atoms with Gasteiger partial charge in [0.2, 0.25) is 29.5 Å². The molecule has 1 aromatic carbocycles. The van der Waals surface area contributed by atoms with E-state index in [1.54, 1.807) is 12.1 Å². The smallest absolute Gasteiger partial charge is 0.326 e. The number of phenols is 1. The molecule has 14 heteroatoms. The molecule has 0 bridgehead atoms. The lowest BCUT2D eigenvalue weighted by Crippen LogP contribution is -2.57. The van der Waals surface area contributed by atoms with Crippen LogP contribution in [-0.2, 0) is 35.2 Å². The van der Waals surface area contributed by atoms with Crippen LogP contribution in [0, 0.1) is 0 Å². The van der Waals surface area contributed by atoms with Crippen molar-refractivity contribution < 1.29 is 39.0 Å². The molecule has 0 aliphatic heterocycles. The molecule has 0 saturated heterocycles. The molecule has 11 N–H and O–H groups in total. The van der Waals surface area contributed by atoms with Gasteiger partial charge in [-0.2, -0.15) is 0 Å². The van der Waals surface area contributed by atoms with Crippen molar-refractivity contribution in [2.24, 2.45) is 17.2 Å². The molecule has 4 atom stereocenters. The molecule has 14 nitrogen and oxygen atoms in total. The van der Waals surface area contributed by atoms with Crippen LogP contribution in [0.4, 0.5) is 0 Å². The van der Waals surface area contributed by atoms with Gasteiger partial charge in [0, 0.05) is 0 Å². The predicted molar refractivity (Wildman–Crippen MR) is 117 cm³/mol. The van der Waals surface area contributed by atoms with Gasteiger partial charge in [0.1, 0.15) is 23.9 Å². The maximum absolute atomic E-state index is 12.5. The molecule has 0 spiro atoms. The second kappa shape index (κ2) is 12.7. The van der Waals surface area contributed by atoms with E-state index in [1.807, 2.05) is 5.32 Å². The fourth-order valence-electron chi connectivity index (χ4n) is 2.75. The van der Waals surface area contributed by atoms with Crippen LogP contribution in [0.1, 0.15) is 25.3 Å². The van der Waals surface area contributed by atoms with Crippen LogP contribution in [0.25, 0.3) is 0 Å². The molecule has 0 aliphatic carbocycles. The quantitative estimate of drug-likeness (QED) is 0.139. The number of rotatable bonds is 13. The van der Waals surface area contributed by atoms with Gasteiger partial charge in [-0.1, -0.05) is 12.1 Å². The SMILES string of the molecule is CC(NC(=O)C(N)Cc1ccc(O)cc1)C(=O)NC(CC(N)=O)C(=O)NC(CC(N)=O)C(=O)O. The molecular weight excluding hydrogens is 452 g/mol. The van der Waals surface area contributed by atoms with E-state index in [9.17, 15) is 33.9 Å². The number of nitrogens with two attached hydrogens (primary N) is 3. The average molecular weight is 480 g/mol. The number of carboxylic acid groups (broad SMARTS) is 1. The highest BCUT2D eigenvalue weighted by Gasteiger charge is 2.30. The topological polar surface area (TPSA) is 257 Å². The molecule has 5 amide bonds. The highest BCUT2D eigenvalue weighted by Crippen LogP contribution is 2.11. The van der Waals surface area contributed by atoms with Crippen LogP contribution in [0.3, 0.4) is 0 Å². The van der Waals surface area contributed by atoms with Gasteiger partial charge in [-0.3, -0.25) is 24.0 Å². The first-order valence-corrected chi connectivity index (χ1v) is 10.0. The Labute approximate surface area is 194 Å². The highest BCUT2D eigenvalue weighted by atomic mass is 16.4. The van der Waals surface area contributed by atoms with Crippen molar-refractivity contribution in [3.8, 4) is 5.75 Å². The Morgan fingerprint density at radius 2 is 1.32 bits per heavy atom. The molecule has 0 heterocycles. The molecule has 0 aromatic heterocycles. The van der Waals surface area contributed by atoms with E-state index in [0.29, 0.717) is 5.56 Å². The number of nitrogens with one attached hydrogen (secondary N) is 3. The van der Waals surface area contributed by atoms with Crippen LogP contribution in [-0.4, -0.2) is 69.9 Å². The molecule has 0 saturated carbocycles. The fraction of sp³-hybridized carbons (Fsp3) is 0.400. The second-order valence-electron chi connectivity index (χ2n) is 7.51. The van der Waals surface area contributed by atoms with Crippen molar-refractivity contribution in [1.82, 2.24) is 16.0 Å². The number of aliphatic carboxylic acids is 1. The van der Waals surface area contributed by atoms with Gasteiger partial charge in [0.15, 0.2) is 0 Å². The molecule has 1 aromatic rings. The maximum Gasteiger partial charge on any atom is 0.326 e. The third-order valence-electron chi connectivity index (χ3n) is 4.54. The van der Waals surface area contributed by atoms with Crippen molar-refractivity contribution in [2.75, 3.05) is 0 Å². The van der Waals surface area contributed by atoms with Gasteiger partial charge in [-0.25, -0.2) is 4.79 Å². The van der Waals surface area contributed by atoms with Gasteiger partial charge < -0.3 is 43.4 Å². The second-order valence-corrected chi connectivity index (χ2v) is 7.51. The summed E-state index contributed by atoms with van der Waals surface area (Å²) in [5.41, 5.74) is 16.6. The zero-order chi connectivity index (χ0) is 26.0. The van der Waals surface area contributed by atoms with Crippen molar-refractivity contribution in [2.45, 2.75) is 50.4 Å². The number of benzene rings is 1. The molecule has 0 radical (unpaired) electrons.